The summed E-state index contributed by atoms with van der Waals surface area (Å²) in [5, 5.41) is 20.7. The molecule has 0 spiro atoms. The van der Waals surface area contributed by atoms with Crippen LogP contribution in [0.15, 0.2) is 18.2 Å². The molecule has 24 heavy (non-hydrogen) atoms. The Bertz CT molecular complexity index is 525. The van der Waals surface area contributed by atoms with Gasteiger partial charge in [-0.3, -0.25) is 4.90 Å². The molecular weight excluding hydrogens is 310 g/mol. The van der Waals surface area contributed by atoms with Crippen molar-refractivity contribution >= 4 is 11.9 Å². The Kier molecular flexibility index (Phi) is 8.39. The van der Waals surface area contributed by atoms with Crippen molar-refractivity contribution < 1.29 is 19.8 Å². The van der Waals surface area contributed by atoms with Gasteiger partial charge in [0.2, 0.25) is 0 Å². The van der Waals surface area contributed by atoms with Crippen molar-refractivity contribution in [3.63, 3.8) is 0 Å². The number of carbonyl (C=O) groups is 2. The molecule has 7 heteroatoms. The Labute approximate surface area is 142 Å². The predicted octanol–water partition coefficient (Wildman–Crippen LogP) is 1.02. The summed E-state index contributed by atoms with van der Waals surface area (Å²) in [5.74, 6) is -2.22. The van der Waals surface area contributed by atoms with Gasteiger partial charge in [-0.1, -0.05) is 13.0 Å². The molecule has 0 bridgehead atoms. The zero-order valence-corrected chi connectivity index (χ0v) is 14.3. The van der Waals surface area contributed by atoms with Gasteiger partial charge in [0.25, 0.3) is 0 Å². The van der Waals surface area contributed by atoms with Gasteiger partial charge < -0.3 is 21.3 Å². The van der Waals surface area contributed by atoms with Crippen LogP contribution in [0.25, 0.3) is 0 Å². The number of nitrogens with zero attached hydrogens (tertiary/aromatic N) is 1. The van der Waals surface area contributed by atoms with E-state index < -0.39 is 11.9 Å². The molecule has 1 saturated heterocycles. The van der Waals surface area contributed by atoms with Crippen LogP contribution in [-0.4, -0.2) is 65.8 Å². The summed E-state index contributed by atoms with van der Waals surface area (Å²) < 4.78 is 0. The molecule has 1 aromatic carbocycles. The number of hydrogen-bond acceptors (Lipinski definition) is 5. The number of nitrogens with one attached hydrogen (secondary N) is 1. The minimum atomic E-state index is -1.11. The molecule has 0 radical (unpaired) electrons. The number of hydrogen-bond donors (Lipinski definition) is 4. The van der Waals surface area contributed by atoms with E-state index in [1.807, 2.05) is 0 Å². The smallest absolute Gasteiger partial charge is 0.335 e. The number of carboxylic acid groups (broad SMARTS) is 2. The van der Waals surface area contributed by atoms with E-state index in [1.165, 1.54) is 25.1 Å². The number of piperazine rings is 1. The number of carboxylic acids is 2. The van der Waals surface area contributed by atoms with E-state index in [9.17, 15) is 9.59 Å². The molecule has 0 aliphatic carbocycles. The summed E-state index contributed by atoms with van der Waals surface area (Å²) in [5.41, 5.74) is 6.18. The van der Waals surface area contributed by atoms with Gasteiger partial charge in [-0.05, 0) is 31.0 Å². The van der Waals surface area contributed by atoms with Crippen LogP contribution >= 0.6 is 0 Å². The average molecular weight is 337 g/mol. The van der Waals surface area contributed by atoms with Crippen LogP contribution in [0, 0.1) is 6.92 Å². The third-order valence-corrected chi connectivity index (χ3v) is 4.02. The highest BCUT2D eigenvalue weighted by atomic mass is 16.4. The summed E-state index contributed by atoms with van der Waals surface area (Å²) in [4.78, 5) is 23.6. The molecule has 7 nitrogen and oxygen atoms in total. The van der Waals surface area contributed by atoms with Crippen molar-refractivity contribution in [3.05, 3.63) is 34.9 Å². The van der Waals surface area contributed by atoms with E-state index in [0.29, 0.717) is 6.04 Å². The van der Waals surface area contributed by atoms with Crippen LogP contribution in [0.3, 0.4) is 0 Å². The number of rotatable bonds is 5. The average Bonchev–Trinajstić information content (AvgIpc) is 2.56. The first kappa shape index (κ1) is 20.1. The summed E-state index contributed by atoms with van der Waals surface area (Å²) in [6.45, 7) is 9.26. The fraction of sp³-hybridized carbons (Fsp3) is 0.529. The quantitative estimate of drug-likeness (QED) is 0.634. The van der Waals surface area contributed by atoms with Crippen molar-refractivity contribution in [1.29, 1.82) is 0 Å². The Hall–Kier alpha value is -1.96. The summed E-state index contributed by atoms with van der Waals surface area (Å²) in [6.07, 6.45) is 1.09. The summed E-state index contributed by atoms with van der Waals surface area (Å²) in [7, 11) is 0. The van der Waals surface area contributed by atoms with Crippen LogP contribution in [0.5, 0.6) is 0 Å². The Morgan fingerprint density at radius 3 is 2.12 bits per heavy atom. The maximum absolute atomic E-state index is 10.6. The maximum atomic E-state index is 10.6. The maximum Gasteiger partial charge on any atom is 0.335 e. The van der Waals surface area contributed by atoms with Gasteiger partial charge in [0.05, 0.1) is 11.1 Å². The van der Waals surface area contributed by atoms with Crippen LogP contribution in [0.4, 0.5) is 0 Å². The van der Waals surface area contributed by atoms with Crippen molar-refractivity contribution in [2.75, 3.05) is 32.7 Å². The molecule has 1 fully saturated rings. The van der Waals surface area contributed by atoms with E-state index in [4.69, 9.17) is 15.9 Å². The largest absolute Gasteiger partial charge is 0.478 e. The van der Waals surface area contributed by atoms with Gasteiger partial charge >= 0.3 is 11.9 Å². The highest BCUT2D eigenvalue weighted by molar-refractivity contribution is 5.96. The van der Waals surface area contributed by atoms with Gasteiger partial charge in [0.1, 0.15) is 0 Å². The molecule has 1 aliphatic rings. The fourth-order valence-corrected chi connectivity index (χ4v) is 2.45. The fourth-order valence-electron chi connectivity index (χ4n) is 2.45. The molecule has 0 saturated carbocycles. The first-order chi connectivity index (χ1) is 11.4. The minimum Gasteiger partial charge on any atom is -0.478 e. The van der Waals surface area contributed by atoms with Gasteiger partial charge in [-0.2, -0.15) is 0 Å². The van der Waals surface area contributed by atoms with Gasteiger partial charge in [-0.25, -0.2) is 9.59 Å². The Balaban J connectivity index is 0.000000243. The second-order valence-electron chi connectivity index (χ2n) is 5.81. The molecule has 1 aliphatic heterocycles. The molecule has 5 N–H and O–H groups in total. The lowest BCUT2D eigenvalue weighted by molar-refractivity contribution is 0.0696. The highest BCUT2D eigenvalue weighted by Gasteiger charge is 2.13. The second kappa shape index (κ2) is 10.0. The lowest BCUT2D eigenvalue weighted by Gasteiger charge is -2.29. The van der Waals surface area contributed by atoms with Crippen LogP contribution in [-0.2, 0) is 0 Å². The van der Waals surface area contributed by atoms with Crippen molar-refractivity contribution in [2.45, 2.75) is 26.3 Å². The van der Waals surface area contributed by atoms with Crippen LogP contribution in [0.1, 0.15) is 39.6 Å². The zero-order valence-electron chi connectivity index (χ0n) is 14.3. The topological polar surface area (TPSA) is 116 Å². The Morgan fingerprint density at radius 1 is 1.21 bits per heavy atom. The molecule has 1 heterocycles. The molecule has 1 unspecified atom stereocenters. The second-order valence-corrected chi connectivity index (χ2v) is 5.81. The summed E-state index contributed by atoms with van der Waals surface area (Å²) >= 11 is 0. The van der Waals surface area contributed by atoms with Crippen molar-refractivity contribution in [2.24, 2.45) is 5.73 Å². The highest BCUT2D eigenvalue weighted by Crippen LogP contribution is 2.13. The van der Waals surface area contributed by atoms with Gasteiger partial charge in [-0.15, -0.1) is 0 Å². The van der Waals surface area contributed by atoms with E-state index in [-0.39, 0.29) is 16.7 Å². The van der Waals surface area contributed by atoms with Gasteiger partial charge in [0, 0.05) is 38.8 Å². The summed E-state index contributed by atoms with van der Waals surface area (Å²) in [6, 6.07) is 4.54. The van der Waals surface area contributed by atoms with Crippen LogP contribution < -0.4 is 11.1 Å². The van der Waals surface area contributed by atoms with Crippen molar-refractivity contribution in [1.82, 2.24) is 10.2 Å². The molecule has 0 aromatic heterocycles. The van der Waals surface area contributed by atoms with Gasteiger partial charge in [0.15, 0.2) is 0 Å². The van der Waals surface area contributed by atoms with E-state index in [2.05, 4.69) is 17.1 Å². The number of benzene rings is 1. The molecule has 0 amide bonds. The molecule has 1 atom stereocenters. The first-order valence-electron chi connectivity index (χ1n) is 8.11. The molecule has 134 valence electrons. The lowest BCUT2D eigenvalue weighted by Crippen LogP contribution is -2.47. The number of aromatic carboxylic acids is 2. The lowest BCUT2D eigenvalue weighted by atomic mass is 10.0. The predicted molar refractivity (Wildman–Crippen MR) is 92.7 cm³/mol. The minimum absolute atomic E-state index is 0.0277. The molecule has 2 rings (SSSR count). The zero-order chi connectivity index (χ0) is 18.1. The third-order valence-electron chi connectivity index (χ3n) is 4.02. The SMILES string of the molecule is CCC(N)CN1CCNCC1.Cc1c(C(=O)O)cccc1C(=O)O. The van der Waals surface area contributed by atoms with E-state index in [1.54, 1.807) is 0 Å². The van der Waals surface area contributed by atoms with Crippen molar-refractivity contribution in [3.8, 4) is 0 Å². The normalized spacial score (nSPS) is 16.0. The number of nitrogens with two attached hydrogens (primary N) is 1. The van der Waals surface area contributed by atoms with Crippen LogP contribution in [0.2, 0.25) is 0 Å². The Morgan fingerprint density at radius 2 is 1.71 bits per heavy atom. The van der Waals surface area contributed by atoms with E-state index in [0.717, 1.165) is 39.1 Å². The molecular formula is C17H27N3O4. The first-order valence-corrected chi connectivity index (χ1v) is 8.11. The third kappa shape index (κ3) is 6.27. The molecule has 1 aromatic rings. The monoisotopic (exact) mass is 337 g/mol. The van der Waals surface area contributed by atoms with E-state index >= 15 is 0 Å². The standard InChI is InChI=1S/C9H8O4.C8H19N3/c1-5-6(8(10)11)3-2-4-7(5)9(12)13;1-2-8(9)7-11-5-3-10-4-6-11/h2-4H,1H3,(H,10,11)(H,12,13);8,10H,2-7,9H2,1H3.